The molecule has 1 aromatic carbocycles. The highest BCUT2D eigenvalue weighted by Gasteiger charge is 2.11. The van der Waals surface area contributed by atoms with Crippen molar-refractivity contribution in [2.75, 3.05) is 18.4 Å². The zero-order chi connectivity index (χ0) is 14.5. The van der Waals surface area contributed by atoms with E-state index >= 15 is 0 Å². The van der Waals surface area contributed by atoms with Gasteiger partial charge in [-0.05, 0) is 13.0 Å². The van der Waals surface area contributed by atoms with Crippen molar-refractivity contribution in [2.24, 2.45) is 5.73 Å². The largest absolute Gasteiger partial charge is 0.381 e. The Bertz CT molecular complexity index is 578. The van der Waals surface area contributed by atoms with Gasteiger partial charge in [0.15, 0.2) is 0 Å². The Morgan fingerprint density at radius 1 is 1.30 bits per heavy atom. The van der Waals surface area contributed by atoms with E-state index in [1.807, 2.05) is 6.20 Å². The van der Waals surface area contributed by atoms with Crippen molar-refractivity contribution >= 4 is 5.69 Å². The highest BCUT2D eigenvalue weighted by Crippen LogP contribution is 2.27. The first-order chi connectivity index (χ1) is 9.61. The topological polar surface area (TPSA) is 63.8 Å². The third-order valence-corrected chi connectivity index (χ3v) is 3.08. The molecular formula is C16H22N4. The van der Waals surface area contributed by atoms with Crippen LogP contribution in [0, 0.1) is 6.92 Å². The first kappa shape index (κ1) is 14.5. The summed E-state index contributed by atoms with van der Waals surface area (Å²) in [6.45, 7) is 7.58. The second kappa shape index (κ2) is 6.48. The number of nitrogens with zero attached hydrogens (tertiary/aromatic N) is 2. The van der Waals surface area contributed by atoms with Gasteiger partial charge < -0.3 is 11.1 Å². The van der Waals surface area contributed by atoms with Crippen LogP contribution in [0.5, 0.6) is 0 Å². The van der Waals surface area contributed by atoms with Crippen LogP contribution in [-0.2, 0) is 0 Å². The number of aryl methyl sites for hydroxylation is 1. The van der Waals surface area contributed by atoms with Gasteiger partial charge in [0.1, 0.15) is 5.82 Å². The van der Waals surface area contributed by atoms with Gasteiger partial charge in [-0.2, -0.15) is 0 Å². The summed E-state index contributed by atoms with van der Waals surface area (Å²) in [4.78, 5) is 9.15. The maximum absolute atomic E-state index is 5.56. The smallest absolute Gasteiger partial charge is 0.131 e. The van der Waals surface area contributed by atoms with Crippen LogP contribution in [0.1, 0.15) is 31.2 Å². The normalized spacial score (nSPS) is 10.8. The average Bonchev–Trinajstić information content (AvgIpc) is 2.44. The minimum absolute atomic E-state index is 0.308. The van der Waals surface area contributed by atoms with E-state index in [4.69, 9.17) is 10.7 Å². The highest BCUT2D eigenvalue weighted by molar-refractivity contribution is 5.74. The molecule has 0 aliphatic heterocycles. The number of nitrogens with one attached hydrogen (secondary N) is 1. The Morgan fingerprint density at radius 3 is 2.75 bits per heavy atom. The molecule has 1 heterocycles. The average molecular weight is 270 g/mol. The summed E-state index contributed by atoms with van der Waals surface area (Å²) < 4.78 is 0. The van der Waals surface area contributed by atoms with Gasteiger partial charge in [0.25, 0.3) is 0 Å². The standard InChI is InChI=1S/C16H22N4/c1-11(2)16-19-10-14(18-8-7-17)15(20-16)13-6-4-5-12(3)9-13/h4-6,9-11,18H,7-8,17H2,1-3H3. The molecule has 0 fully saturated rings. The van der Waals surface area contributed by atoms with E-state index < -0.39 is 0 Å². The first-order valence-corrected chi connectivity index (χ1v) is 6.99. The fourth-order valence-corrected chi connectivity index (χ4v) is 2.02. The minimum Gasteiger partial charge on any atom is -0.381 e. The van der Waals surface area contributed by atoms with Gasteiger partial charge in [0.2, 0.25) is 0 Å². The lowest BCUT2D eigenvalue weighted by Crippen LogP contribution is -2.14. The second-order valence-corrected chi connectivity index (χ2v) is 5.23. The van der Waals surface area contributed by atoms with Crippen molar-refractivity contribution in [3.05, 3.63) is 41.9 Å². The van der Waals surface area contributed by atoms with Gasteiger partial charge >= 0.3 is 0 Å². The number of nitrogens with two attached hydrogens (primary N) is 1. The Hall–Kier alpha value is -1.94. The van der Waals surface area contributed by atoms with E-state index in [1.165, 1.54) is 5.56 Å². The minimum atomic E-state index is 0.308. The number of aromatic nitrogens is 2. The summed E-state index contributed by atoms with van der Waals surface area (Å²) >= 11 is 0. The molecule has 0 aliphatic carbocycles. The Kier molecular flexibility index (Phi) is 4.69. The molecule has 0 bridgehead atoms. The van der Waals surface area contributed by atoms with Gasteiger partial charge in [-0.1, -0.05) is 37.6 Å². The van der Waals surface area contributed by atoms with Crippen LogP contribution in [0.2, 0.25) is 0 Å². The number of rotatable bonds is 5. The molecule has 0 amide bonds. The molecule has 2 rings (SSSR count). The zero-order valence-corrected chi connectivity index (χ0v) is 12.4. The number of benzene rings is 1. The monoisotopic (exact) mass is 270 g/mol. The molecule has 0 aliphatic rings. The molecule has 0 spiro atoms. The maximum atomic E-state index is 5.56. The van der Waals surface area contributed by atoms with Gasteiger partial charge in [-0.15, -0.1) is 0 Å². The zero-order valence-electron chi connectivity index (χ0n) is 12.4. The van der Waals surface area contributed by atoms with Crippen LogP contribution < -0.4 is 11.1 Å². The molecule has 0 saturated carbocycles. The van der Waals surface area contributed by atoms with Crippen LogP contribution in [0.25, 0.3) is 11.3 Å². The molecule has 2 aromatic rings. The van der Waals surface area contributed by atoms with Gasteiger partial charge in [-0.3, -0.25) is 0 Å². The molecule has 1 aromatic heterocycles. The van der Waals surface area contributed by atoms with E-state index in [-0.39, 0.29) is 0 Å². The maximum Gasteiger partial charge on any atom is 0.131 e. The summed E-state index contributed by atoms with van der Waals surface area (Å²) in [5, 5.41) is 3.30. The van der Waals surface area contributed by atoms with Crippen LogP contribution in [0.3, 0.4) is 0 Å². The molecule has 4 heteroatoms. The molecule has 0 atom stereocenters. The van der Waals surface area contributed by atoms with Crippen molar-refractivity contribution in [3.8, 4) is 11.3 Å². The molecule has 0 unspecified atom stereocenters. The third-order valence-electron chi connectivity index (χ3n) is 3.08. The van der Waals surface area contributed by atoms with Crippen LogP contribution >= 0.6 is 0 Å². The van der Waals surface area contributed by atoms with Crippen LogP contribution in [0.15, 0.2) is 30.5 Å². The number of anilines is 1. The molecular weight excluding hydrogens is 248 g/mol. The summed E-state index contributed by atoms with van der Waals surface area (Å²) in [7, 11) is 0. The van der Waals surface area contributed by atoms with Crippen molar-refractivity contribution in [1.82, 2.24) is 9.97 Å². The fourth-order valence-electron chi connectivity index (χ4n) is 2.02. The van der Waals surface area contributed by atoms with E-state index in [0.29, 0.717) is 19.0 Å². The van der Waals surface area contributed by atoms with Crippen LogP contribution in [-0.4, -0.2) is 23.1 Å². The SMILES string of the molecule is Cc1cccc(-c2nc(C(C)C)ncc2NCCN)c1. The highest BCUT2D eigenvalue weighted by atomic mass is 15.0. The molecule has 0 saturated heterocycles. The van der Waals surface area contributed by atoms with Crippen LogP contribution in [0.4, 0.5) is 5.69 Å². The van der Waals surface area contributed by atoms with Crippen molar-refractivity contribution in [3.63, 3.8) is 0 Å². The summed E-state index contributed by atoms with van der Waals surface area (Å²) in [5.74, 6) is 1.17. The predicted octanol–water partition coefficient (Wildman–Crippen LogP) is 2.95. The van der Waals surface area contributed by atoms with Crippen molar-refractivity contribution < 1.29 is 0 Å². The Balaban J connectivity index is 2.48. The Morgan fingerprint density at radius 2 is 2.10 bits per heavy atom. The van der Waals surface area contributed by atoms with Crippen molar-refractivity contribution in [1.29, 1.82) is 0 Å². The number of hydrogen-bond acceptors (Lipinski definition) is 4. The summed E-state index contributed by atoms with van der Waals surface area (Å²) in [5.41, 5.74) is 9.77. The first-order valence-electron chi connectivity index (χ1n) is 6.99. The Labute approximate surface area is 120 Å². The quantitative estimate of drug-likeness (QED) is 0.876. The lowest BCUT2D eigenvalue weighted by molar-refractivity contribution is 0.776. The van der Waals surface area contributed by atoms with E-state index in [9.17, 15) is 0 Å². The van der Waals surface area contributed by atoms with E-state index in [0.717, 1.165) is 22.8 Å². The lowest BCUT2D eigenvalue weighted by Gasteiger charge is -2.13. The van der Waals surface area contributed by atoms with Gasteiger partial charge in [-0.25, -0.2) is 9.97 Å². The van der Waals surface area contributed by atoms with E-state index in [2.05, 4.69) is 55.3 Å². The second-order valence-electron chi connectivity index (χ2n) is 5.23. The van der Waals surface area contributed by atoms with Crippen molar-refractivity contribution in [2.45, 2.75) is 26.7 Å². The predicted molar refractivity (Wildman–Crippen MR) is 83.8 cm³/mol. The molecule has 20 heavy (non-hydrogen) atoms. The molecule has 3 N–H and O–H groups in total. The van der Waals surface area contributed by atoms with E-state index in [1.54, 1.807) is 0 Å². The number of hydrogen-bond donors (Lipinski definition) is 2. The molecule has 4 nitrogen and oxygen atoms in total. The third kappa shape index (κ3) is 3.33. The van der Waals surface area contributed by atoms with Gasteiger partial charge in [0, 0.05) is 24.6 Å². The summed E-state index contributed by atoms with van der Waals surface area (Å²) in [6, 6.07) is 8.35. The van der Waals surface area contributed by atoms with Gasteiger partial charge in [0.05, 0.1) is 17.6 Å². The summed E-state index contributed by atoms with van der Waals surface area (Å²) in [6.07, 6.45) is 1.86. The fraction of sp³-hybridized carbons (Fsp3) is 0.375. The molecule has 106 valence electrons. The lowest BCUT2D eigenvalue weighted by atomic mass is 10.1. The molecule has 0 radical (unpaired) electrons.